The second kappa shape index (κ2) is 10.8. The third-order valence-corrected chi connectivity index (χ3v) is 5.98. The van der Waals surface area contributed by atoms with Crippen LogP contribution in [0.3, 0.4) is 0 Å². The van der Waals surface area contributed by atoms with Crippen molar-refractivity contribution in [2.24, 2.45) is 10.7 Å². The largest absolute Gasteiger partial charge is 0.482 e. The average molecular weight is 557 g/mol. The fourth-order valence-electron chi connectivity index (χ4n) is 4.12. The number of nitro groups is 1. The number of nitro benzene ring substituents is 1. The minimum atomic E-state index is -4.60. The summed E-state index contributed by atoms with van der Waals surface area (Å²) in [5, 5.41) is 19.1. The van der Waals surface area contributed by atoms with Gasteiger partial charge >= 0.3 is 11.9 Å². The predicted octanol–water partition coefficient (Wildman–Crippen LogP) is 5.94. The summed E-state index contributed by atoms with van der Waals surface area (Å²) in [7, 11) is 0. The minimum Gasteiger partial charge on any atom is -0.482 e. The number of nitrogens with two attached hydrogens (primary N) is 1. The molecule has 1 aliphatic heterocycles. The standard InChI is InChI=1S/C27H27F3N6O4/c1-26(2,3)35-25(33-21-11-7-10-20(32-21)27(28,29)30)22(24(31)37)23(34-35)17-12-13-18(36(38)39)19(14-17)40-15-16-8-5-4-6-9-16/h4-6,8-9,11-14,33H,7,10,15H2,1-3H3,(H2,31,37). The molecule has 0 atom stereocenters. The number of hydrogen-bond donors (Lipinski definition) is 2. The number of rotatable bonds is 8. The molecule has 0 radical (unpaired) electrons. The summed E-state index contributed by atoms with van der Waals surface area (Å²) in [6, 6.07) is 13.1. The Morgan fingerprint density at radius 2 is 1.88 bits per heavy atom. The van der Waals surface area contributed by atoms with Gasteiger partial charge in [0.1, 0.15) is 35.2 Å². The molecule has 13 heteroatoms. The maximum atomic E-state index is 13.3. The van der Waals surface area contributed by atoms with Gasteiger partial charge in [0.25, 0.3) is 5.91 Å². The molecule has 0 fully saturated rings. The number of amides is 1. The molecule has 0 unspecified atom stereocenters. The second-order valence-corrected chi connectivity index (χ2v) is 10.0. The first kappa shape index (κ1) is 28.3. The average Bonchev–Trinajstić information content (AvgIpc) is 3.27. The summed E-state index contributed by atoms with van der Waals surface area (Å²) in [5.41, 5.74) is 4.77. The van der Waals surface area contributed by atoms with Gasteiger partial charge in [-0.25, -0.2) is 9.67 Å². The molecule has 3 aromatic rings. The van der Waals surface area contributed by atoms with Gasteiger partial charge in [-0.1, -0.05) is 30.3 Å². The highest BCUT2D eigenvalue weighted by molar-refractivity contribution is 6.04. The minimum absolute atomic E-state index is 0.0403. The zero-order valence-corrected chi connectivity index (χ0v) is 22.0. The highest BCUT2D eigenvalue weighted by Gasteiger charge is 2.37. The Kier molecular flexibility index (Phi) is 7.67. The van der Waals surface area contributed by atoms with Crippen LogP contribution in [-0.4, -0.2) is 32.5 Å². The number of aromatic nitrogens is 2. The maximum absolute atomic E-state index is 13.3. The summed E-state index contributed by atoms with van der Waals surface area (Å²) in [6.45, 7) is 5.39. The molecule has 10 nitrogen and oxygen atoms in total. The van der Waals surface area contributed by atoms with E-state index in [2.05, 4.69) is 15.4 Å². The highest BCUT2D eigenvalue weighted by atomic mass is 19.4. The number of nitrogens with zero attached hydrogens (tertiary/aromatic N) is 4. The zero-order valence-electron chi connectivity index (χ0n) is 22.0. The van der Waals surface area contributed by atoms with Gasteiger partial charge in [0.2, 0.25) is 0 Å². The van der Waals surface area contributed by atoms with E-state index in [1.165, 1.54) is 29.0 Å². The van der Waals surface area contributed by atoms with Crippen molar-refractivity contribution >= 4 is 23.1 Å². The van der Waals surface area contributed by atoms with Crippen LogP contribution >= 0.6 is 0 Å². The van der Waals surface area contributed by atoms with Gasteiger partial charge in [-0.15, -0.1) is 0 Å². The van der Waals surface area contributed by atoms with Gasteiger partial charge in [0.05, 0.1) is 10.5 Å². The van der Waals surface area contributed by atoms with Crippen molar-refractivity contribution < 1.29 is 27.6 Å². The zero-order chi connectivity index (χ0) is 29.2. The van der Waals surface area contributed by atoms with Gasteiger partial charge in [-0.3, -0.25) is 14.9 Å². The molecule has 0 aliphatic carbocycles. The summed E-state index contributed by atoms with van der Waals surface area (Å²) in [5.74, 6) is -1.03. The molecule has 1 amide bonds. The third kappa shape index (κ3) is 6.14. The molecule has 0 saturated heterocycles. The Hall–Kier alpha value is -4.68. The monoisotopic (exact) mass is 556 g/mol. The van der Waals surface area contributed by atoms with Crippen LogP contribution in [0.25, 0.3) is 11.3 Å². The van der Waals surface area contributed by atoms with E-state index in [1.54, 1.807) is 45.0 Å². The Morgan fingerprint density at radius 3 is 2.48 bits per heavy atom. The smallest absolute Gasteiger partial charge is 0.429 e. The molecular weight excluding hydrogens is 529 g/mol. The van der Waals surface area contributed by atoms with E-state index in [4.69, 9.17) is 10.5 Å². The van der Waals surface area contributed by atoms with Crippen LogP contribution in [0.5, 0.6) is 5.75 Å². The van der Waals surface area contributed by atoms with E-state index in [1.807, 2.05) is 6.07 Å². The van der Waals surface area contributed by atoms with Crippen molar-refractivity contribution in [1.82, 2.24) is 9.78 Å². The lowest BCUT2D eigenvalue weighted by Crippen LogP contribution is -2.28. The van der Waals surface area contributed by atoms with Crippen molar-refractivity contribution in [1.29, 1.82) is 0 Å². The molecule has 2 aromatic carbocycles. The number of benzene rings is 2. The van der Waals surface area contributed by atoms with Crippen LogP contribution in [0.1, 0.15) is 49.5 Å². The predicted molar refractivity (Wildman–Crippen MR) is 143 cm³/mol. The molecule has 0 spiro atoms. The quantitative estimate of drug-likeness (QED) is 0.260. The fourth-order valence-corrected chi connectivity index (χ4v) is 4.12. The number of aliphatic imine (C=N–C) groups is 1. The van der Waals surface area contributed by atoms with E-state index in [0.717, 1.165) is 5.56 Å². The number of nitrogens with one attached hydrogen (secondary N) is 1. The summed E-state index contributed by atoms with van der Waals surface area (Å²) in [4.78, 5) is 27.5. The van der Waals surface area contributed by atoms with Gasteiger partial charge in [-0.2, -0.15) is 18.3 Å². The van der Waals surface area contributed by atoms with Crippen LogP contribution in [0, 0.1) is 10.1 Å². The van der Waals surface area contributed by atoms with Crippen molar-refractivity contribution in [2.45, 2.75) is 51.9 Å². The Bertz CT molecular complexity index is 1500. The molecule has 4 rings (SSSR count). The van der Waals surface area contributed by atoms with Gasteiger partial charge in [-0.05, 0) is 57.4 Å². The van der Waals surface area contributed by atoms with Crippen LogP contribution in [-0.2, 0) is 12.1 Å². The van der Waals surface area contributed by atoms with E-state index in [9.17, 15) is 28.1 Å². The van der Waals surface area contributed by atoms with Crippen molar-refractivity contribution in [3.8, 4) is 17.0 Å². The fraction of sp³-hybridized carbons (Fsp3) is 0.296. The Morgan fingerprint density at radius 1 is 1.18 bits per heavy atom. The number of carbonyl (C=O) groups is 1. The Balaban J connectivity index is 1.82. The molecule has 1 aromatic heterocycles. The molecular formula is C27H27F3N6O4. The lowest BCUT2D eigenvalue weighted by Gasteiger charge is -2.24. The van der Waals surface area contributed by atoms with Gasteiger partial charge in [0.15, 0.2) is 5.75 Å². The topological polar surface area (TPSA) is 138 Å². The summed E-state index contributed by atoms with van der Waals surface area (Å²) < 4.78 is 47.1. The van der Waals surface area contributed by atoms with Crippen LogP contribution in [0.2, 0.25) is 0 Å². The molecule has 3 N–H and O–H groups in total. The Labute approximate surface area is 227 Å². The number of anilines is 1. The van der Waals surface area contributed by atoms with E-state index >= 15 is 0 Å². The molecule has 0 bridgehead atoms. The molecule has 2 heterocycles. The number of carbonyl (C=O) groups excluding carboxylic acids is 1. The number of alkyl halides is 3. The summed E-state index contributed by atoms with van der Waals surface area (Å²) >= 11 is 0. The number of ether oxygens (including phenoxy) is 1. The van der Waals surface area contributed by atoms with Gasteiger partial charge in [0, 0.05) is 11.6 Å². The normalized spacial score (nSPS) is 13.8. The van der Waals surface area contributed by atoms with Crippen LogP contribution < -0.4 is 15.8 Å². The van der Waals surface area contributed by atoms with E-state index in [0.29, 0.717) is 0 Å². The first-order chi connectivity index (χ1) is 18.8. The van der Waals surface area contributed by atoms with Crippen LogP contribution in [0.15, 0.2) is 65.4 Å². The lowest BCUT2D eigenvalue weighted by molar-refractivity contribution is -0.385. The first-order valence-corrected chi connectivity index (χ1v) is 12.3. The molecule has 0 saturated carbocycles. The number of hydrogen-bond acceptors (Lipinski definition) is 7. The maximum Gasteiger partial charge on any atom is 0.429 e. The second-order valence-electron chi connectivity index (χ2n) is 10.0. The van der Waals surface area contributed by atoms with Crippen molar-refractivity contribution in [2.75, 3.05) is 5.32 Å². The summed E-state index contributed by atoms with van der Waals surface area (Å²) in [6.07, 6.45) is -3.29. The third-order valence-electron chi connectivity index (χ3n) is 5.98. The van der Waals surface area contributed by atoms with Crippen molar-refractivity contribution in [3.63, 3.8) is 0 Å². The SMILES string of the molecule is CC(C)(C)n1nc(-c2ccc([N+](=O)[O-])c(OCc3ccccc3)c2)c(C(N)=O)c1NC1=CCCC(C(F)(F)F)=N1. The molecule has 210 valence electrons. The number of halogens is 3. The molecule has 40 heavy (non-hydrogen) atoms. The molecule has 1 aliphatic rings. The van der Waals surface area contributed by atoms with Gasteiger partial charge < -0.3 is 15.8 Å². The number of primary amides is 1. The lowest BCUT2D eigenvalue weighted by atomic mass is 10.1. The first-order valence-electron chi connectivity index (χ1n) is 12.3. The van der Waals surface area contributed by atoms with E-state index < -0.39 is 28.3 Å². The number of allylic oxidation sites excluding steroid dienone is 1. The van der Waals surface area contributed by atoms with Crippen LogP contribution in [0.4, 0.5) is 24.7 Å². The van der Waals surface area contributed by atoms with Crippen molar-refractivity contribution in [3.05, 3.63) is 81.7 Å². The highest BCUT2D eigenvalue weighted by Crippen LogP contribution is 2.38. The van der Waals surface area contributed by atoms with E-state index in [-0.39, 0.29) is 59.3 Å².